The zero-order valence-corrected chi connectivity index (χ0v) is 16.3. The molecule has 0 aliphatic rings. The number of hydrogen-bond acceptors (Lipinski definition) is 5. The smallest absolute Gasteiger partial charge is 0.241 e. The SMILES string of the molecule is CCOc1ccc(CNS(=O)(=O)c2cc(-c3cc(C)no3)ccc2C)cc1. The summed E-state index contributed by atoms with van der Waals surface area (Å²) in [5.74, 6) is 1.30. The Morgan fingerprint density at radius 2 is 1.81 bits per heavy atom. The lowest BCUT2D eigenvalue weighted by Gasteiger charge is -2.11. The van der Waals surface area contributed by atoms with Crippen LogP contribution in [0.5, 0.6) is 5.75 Å². The molecule has 0 radical (unpaired) electrons. The maximum atomic E-state index is 12.8. The van der Waals surface area contributed by atoms with Gasteiger partial charge in [-0.15, -0.1) is 0 Å². The minimum absolute atomic E-state index is 0.194. The first kappa shape index (κ1) is 19.1. The highest BCUT2D eigenvalue weighted by Crippen LogP contribution is 2.26. The van der Waals surface area contributed by atoms with Gasteiger partial charge in [0.1, 0.15) is 5.75 Å². The Balaban J connectivity index is 1.79. The molecule has 0 aliphatic carbocycles. The molecular weight excluding hydrogens is 364 g/mol. The Labute approximate surface area is 159 Å². The van der Waals surface area contributed by atoms with Crippen molar-refractivity contribution >= 4 is 10.0 Å². The topological polar surface area (TPSA) is 81.4 Å². The molecule has 0 aliphatic heterocycles. The average Bonchev–Trinajstić information content (AvgIpc) is 3.08. The molecule has 0 saturated heterocycles. The van der Waals surface area contributed by atoms with Gasteiger partial charge in [-0.1, -0.05) is 29.4 Å². The molecule has 0 spiro atoms. The molecule has 0 atom stereocenters. The molecule has 3 rings (SSSR count). The number of rotatable bonds is 7. The van der Waals surface area contributed by atoms with E-state index in [1.165, 1.54) is 0 Å². The highest BCUT2D eigenvalue weighted by Gasteiger charge is 2.18. The second-order valence-corrected chi connectivity index (χ2v) is 7.95. The maximum Gasteiger partial charge on any atom is 0.241 e. The summed E-state index contributed by atoms with van der Waals surface area (Å²) in [6, 6.07) is 14.3. The standard InChI is InChI=1S/C20H22N2O4S/c1-4-25-18-9-6-16(7-10-18)13-21-27(23,24)20-12-17(8-5-14(20)2)19-11-15(3)22-26-19/h5-12,21H,4,13H2,1-3H3. The molecule has 1 N–H and O–H groups in total. The van der Waals surface area contributed by atoms with Crippen molar-refractivity contribution < 1.29 is 17.7 Å². The number of nitrogens with one attached hydrogen (secondary N) is 1. The molecule has 0 saturated carbocycles. The average molecular weight is 386 g/mol. The fourth-order valence-electron chi connectivity index (χ4n) is 2.67. The van der Waals surface area contributed by atoms with Crippen LogP contribution in [0.25, 0.3) is 11.3 Å². The van der Waals surface area contributed by atoms with Crippen molar-refractivity contribution in [2.24, 2.45) is 0 Å². The third-order valence-corrected chi connectivity index (χ3v) is 5.63. The first-order valence-electron chi connectivity index (χ1n) is 8.65. The Kier molecular flexibility index (Phi) is 5.62. The van der Waals surface area contributed by atoms with Gasteiger partial charge in [0.05, 0.1) is 17.2 Å². The number of hydrogen-bond donors (Lipinski definition) is 1. The quantitative estimate of drug-likeness (QED) is 0.667. The molecular formula is C20H22N2O4S. The van der Waals surface area contributed by atoms with Gasteiger partial charge in [0.25, 0.3) is 0 Å². The van der Waals surface area contributed by atoms with E-state index in [0.717, 1.165) is 17.0 Å². The zero-order valence-electron chi connectivity index (χ0n) is 15.5. The van der Waals surface area contributed by atoms with Crippen LogP contribution in [0.3, 0.4) is 0 Å². The first-order valence-corrected chi connectivity index (χ1v) is 10.1. The number of ether oxygens (including phenoxy) is 1. The van der Waals surface area contributed by atoms with Crippen molar-refractivity contribution in [3.05, 3.63) is 65.4 Å². The first-order chi connectivity index (χ1) is 12.9. The van der Waals surface area contributed by atoms with E-state index in [4.69, 9.17) is 9.26 Å². The molecule has 0 fully saturated rings. The highest BCUT2D eigenvalue weighted by molar-refractivity contribution is 7.89. The minimum Gasteiger partial charge on any atom is -0.494 e. The molecule has 0 amide bonds. The molecule has 6 nitrogen and oxygen atoms in total. The van der Waals surface area contributed by atoms with E-state index < -0.39 is 10.0 Å². The predicted molar refractivity (Wildman–Crippen MR) is 103 cm³/mol. The van der Waals surface area contributed by atoms with Crippen LogP contribution in [-0.4, -0.2) is 20.2 Å². The van der Waals surface area contributed by atoms with Gasteiger partial charge in [0.2, 0.25) is 10.0 Å². The van der Waals surface area contributed by atoms with Gasteiger partial charge < -0.3 is 9.26 Å². The fourth-order valence-corrected chi connectivity index (χ4v) is 3.96. The van der Waals surface area contributed by atoms with E-state index in [9.17, 15) is 8.42 Å². The second kappa shape index (κ2) is 7.94. The molecule has 27 heavy (non-hydrogen) atoms. The van der Waals surface area contributed by atoms with Crippen LogP contribution in [0.1, 0.15) is 23.7 Å². The number of aryl methyl sites for hydroxylation is 2. The lowest BCUT2D eigenvalue weighted by atomic mass is 10.1. The van der Waals surface area contributed by atoms with E-state index in [-0.39, 0.29) is 11.4 Å². The maximum absolute atomic E-state index is 12.8. The van der Waals surface area contributed by atoms with Crippen molar-refractivity contribution in [3.8, 4) is 17.1 Å². The van der Waals surface area contributed by atoms with Gasteiger partial charge in [-0.3, -0.25) is 0 Å². The predicted octanol–water partition coefficient (Wildman–Crippen LogP) is 3.84. The molecule has 7 heteroatoms. The highest BCUT2D eigenvalue weighted by atomic mass is 32.2. The number of benzene rings is 2. The Bertz CT molecular complexity index is 1020. The van der Waals surface area contributed by atoms with Crippen LogP contribution in [0, 0.1) is 13.8 Å². The summed E-state index contributed by atoms with van der Waals surface area (Å²) in [4.78, 5) is 0.222. The van der Waals surface area contributed by atoms with Crippen LogP contribution in [0.2, 0.25) is 0 Å². The Hall–Kier alpha value is -2.64. The van der Waals surface area contributed by atoms with Crippen LogP contribution in [0.15, 0.2) is 57.9 Å². The molecule has 3 aromatic rings. The van der Waals surface area contributed by atoms with Crippen molar-refractivity contribution in [2.45, 2.75) is 32.2 Å². The number of sulfonamides is 1. The summed E-state index contributed by atoms with van der Waals surface area (Å²) in [5.41, 5.74) is 2.92. The third-order valence-electron chi connectivity index (χ3n) is 4.09. The summed E-state index contributed by atoms with van der Waals surface area (Å²) >= 11 is 0. The van der Waals surface area contributed by atoms with Gasteiger partial charge >= 0.3 is 0 Å². The van der Waals surface area contributed by atoms with E-state index in [0.29, 0.717) is 23.5 Å². The normalized spacial score (nSPS) is 11.5. The van der Waals surface area contributed by atoms with E-state index in [1.54, 1.807) is 25.1 Å². The van der Waals surface area contributed by atoms with Gasteiger partial charge in [0.15, 0.2) is 5.76 Å². The number of aromatic nitrogens is 1. The van der Waals surface area contributed by atoms with Gasteiger partial charge in [0, 0.05) is 18.2 Å². The molecule has 0 unspecified atom stereocenters. The summed E-state index contributed by atoms with van der Waals surface area (Å²) in [7, 11) is -3.68. The van der Waals surface area contributed by atoms with Gasteiger partial charge in [-0.05, 0) is 50.1 Å². The van der Waals surface area contributed by atoms with Crippen molar-refractivity contribution in [2.75, 3.05) is 6.61 Å². The van der Waals surface area contributed by atoms with Crippen LogP contribution < -0.4 is 9.46 Å². The second-order valence-electron chi connectivity index (χ2n) is 6.21. The Morgan fingerprint density at radius 3 is 2.44 bits per heavy atom. The molecule has 1 heterocycles. The summed E-state index contributed by atoms with van der Waals surface area (Å²) in [6.45, 7) is 6.28. The largest absolute Gasteiger partial charge is 0.494 e. The van der Waals surface area contributed by atoms with Gasteiger partial charge in [-0.2, -0.15) is 0 Å². The van der Waals surface area contributed by atoms with Crippen molar-refractivity contribution in [1.29, 1.82) is 0 Å². The summed E-state index contributed by atoms with van der Waals surface area (Å²) in [5, 5.41) is 3.85. The third kappa shape index (κ3) is 4.56. The Morgan fingerprint density at radius 1 is 1.07 bits per heavy atom. The van der Waals surface area contributed by atoms with Gasteiger partial charge in [-0.25, -0.2) is 13.1 Å². The summed E-state index contributed by atoms with van der Waals surface area (Å²) in [6.07, 6.45) is 0. The van der Waals surface area contributed by atoms with Crippen LogP contribution in [-0.2, 0) is 16.6 Å². The zero-order chi connectivity index (χ0) is 19.4. The molecule has 142 valence electrons. The lowest BCUT2D eigenvalue weighted by Crippen LogP contribution is -2.24. The van der Waals surface area contributed by atoms with E-state index in [2.05, 4.69) is 9.88 Å². The fraction of sp³-hybridized carbons (Fsp3) is 0.250. The van der Waals surface area contributed by atoms with E-state index >= 15 is 0 Å². The minimum atomic E-state index is -3.68. The van der Waals surface area contributed by atoms with Crippen molar-refractivity contribution in [3.63, 3.8) is 0 Å². The molecule has 1 aromatic heterocycles. The van der Waals surface area contributed by atoms with E-state index in [1.807, 2.05) is 44.2 Å². The number of nitrogens with zero attached hydrogens (tertiary/aromatic N) is 1. The van der Waals surface area contributed by atoms with Crippen LogP contribution in [0.4, 0.5) is 0 Å². The summed E-state index contributed by atoms with van der Waals surface area (Å²) < 4.78 is 38.9. The van der Waals surface area contributed by atoms with Crippen molar-refractivity contribution in [1.82, 2.24) is 9.88 Å². The molecule has 0 bridgehead atoms. The molecule has 2 aromatic carbocycles. The monoisotopic (exact) mass is 386 g/mol. The lowest BCUT2D eigenvalue weighted by molar-refractivity contribution is 0.340. The van der Waals surface area contributed by atoms with Crippen LogP contribution >= 0.6 is 0 Å².